The molecule has 2 heteroatoms. The summed E-state index contributed by atoms with van der Waals surface area (Å²) >= 11 is 0. The van der Waals surface area contributed by atoms with Crippen LogP contribution in [-0.2, 0) is 9.53 Å². The Bertz CT molecular complexity index is 232. The number of hydrogen-bond donors (Lipinski definition) is 0. The van der Waals surface area contributed by atoms with E-state index in [2.05, 4.69) is 20.8 Å². The van der Waals surface area contributed by atoms with Crippen LogP contribution >= 0.6 is 0 Å². The zero-order valence-electron chi connectivity index (χ0n) is 8.02. The highest BCUT2D eigenvalue weighted by molar-refractivity contribution is 5.72. The predicted octanol–water partition coefficient (Wildman–Crippen LogP) is 2.13. The maximum absolute atomic E-state index is 11.2. The third-order valence-corrected chi connectivity index (χ3v) is 4.11. The van der Waals surface area contributed by atoms with E-state index in [0.29, 0.717) is 12.3 Å². The number of carbonyl (C=O) groups is 1. The van der Waals surface area contributed by atoms with Gasteiger partial charge >= 0.3 is 5.97 Å². The normalized spacial score (nSPS) is 44.2. The monoisotopic (exact) mass is 168 g/mol. The molecule has 0 N–H and O–H groups in total. The number of fused-ring (bicyclic) bond motifs is 2. The van der Waals surface area contributed by atoms with Gasteiger partial charge in [0.05, 0.1) is 0 Å². The van der Waals surface area contributed by atoms with Crippen LogP contribution in [0.1, 0.15) is 40.0 Å². The second-order valence-electron chi connectivity index (χ2n) is 4.87. The Labute approximate surface area is 73.3 Å². The van der Waals surface area contributed by atoms with Crippen molar-refractivity contribution in [2.45, 2.75) is 45.6 Å². The van der Waals surface area contributed by atoms with Crippen LogP contribution in [0.3, 0.4) is 0 Å². The molecule has 1 saturated carbocycles. The Kier molecular flexibility index (Phi) is 1.37. The van der Waals surface area contributed by atoms with Crippen LogP contribution in [-0.4, -0.2) is 11.6 Å². The minimum atomic E-state index is -0.188. The van der Waals surface area contributed by atoms with E-state index < -0.39 is 0 Å². The van der Waals surface area contributed by atoms with Crippen molar-refractivity contribution in [3.63, 3.8) is 0 Å². The predicted molar refractivity (Wildman–Crippen MR) is 45.6 cm³/mol. The summed E-state index contributed by atoms with van der Waals surface area (Å²) in [6.07, 6.45) is 2.81. The Morgan fingerprint density at radius 2 is 2.08 bits per heavy atom. The minimum absolute atomic E-state index is 0.000625. The average Bonchev–Trinajstić information content (AvgIpc) is 2.16. The molecule has 0 aromatic carbocycles. The molecular weight excluding hydrogens is 152 g/mol. The van der Waals surface area contributed by atoms with Gasteiger partial charge < -0.3 is 4.74 Å². The second-order valence-corrected chi connectivity index (χ2v) is 4.87. The first-order chi connectivity index (χ1) is 5.46. The summed E-state index contributed by atoms with van der Waals surface area (Å²) in [6, 6.07) is 0. The van der Waals surface area contributed by atoms with Crippen molar-refractivity contribution in [2.75, 3.05) is 0 Å². The molecule has 2 atom stereocenters. The first-order valence-corrected chi connectivity index (χ1v) is 4.67. The SMILES string of the molecule is CC1(C)[C@@H]2CC[C@@]1(C)OC(=O)C2. The van der Waals surface area contributed by atoms with Crippen LogP contribution in [0.5, 0.6) is 0 Å². The molecule has 0 unspecified atom stereocenters. The highest BCUT2D eigenvalue weighted by Gasteiger charge is 2.57. The lowest BCUT2D eigenvalue weighted by Gasteiger charge is -2.44. The van der Waals surface area contributed by atoms with Gasteiger partial charge in [-0.2, -0.15) is 0 Å². The summed E-state index contributed by atoms with van der Waals surface area (Å²) in [5, 5.41) is 0. The minimum Gasteiger partial charge on any atom is -0.459 e. The average molecular weight is 168 g/mol. The lowest BCUT2D eigenvalue weighted by molar-refractivity contribution is -0.182. The Balaban J connectivity index is 2.37. The van der Waals surface area contributed by atoms with E-state index in [1.165, 1.54) is 0 Å². The Hall–Kier alpha value is -0.530. The van der Waals surface area contributed by atoms with E-state index in [1.807, 2.05) is 0 Å². The Morgan fingerprint density at radius 1 is 1.42 bits per heavy atom. The van der Waals surface area contributed by atoms with Gasteiger partial charge in [-0.1, -0.05) is 13.8 Å². The van der Waals surface area contributed by atoms with Gasteiger partial charge in [0.1, 0.15) is 5.60 Å². The first-order valence-electron chi connectivity index (χ1n) is 4.67. The van der Waals surface area contributed by atoms with Crippen molar-refractivity contribution < 1.29 is 9.53 Å². The van der Waals surface area contributed by atoms with E-state index >= 15 is 0 Å². The van der Waals surface area contributed by atoms with Crippen molar-refractivity contribution in [1.29, 1.82) is 0 Å². The van der Waals surface area contributed by atoms with Gasteiger partial charge in [0, 0.05) is 11.8 Å². The number of carbonyl (C=O) groups excluding carboxylic acids is 1. The van der Waals surface area contributed by atoms with E-state index in [-0.39, 0.29) is 17.0 Å². The molecule has 0 aromatic heterocycles. The molecule has 1 aliphatic heterocycles. The number of rotatable bonds is 0. The highest BCUT2D eigenvalue weighted by atomic mass is 16.6. The molecule has 0 amide bonds. The summed E-state index contributed by atoms with van der Waals surface area (Å²) in [7, 11) is 0. The fraction of sp³-hybridized carbons (Fsp3) is 0.900. The molecule has 1 heterocycles. The van der Waals surface area contributed by atoms with Crippen LogP contribution in [0.25, 0.3) is 0 Å². The van der Waals surface area contributed by atoms with Crippen LogP contribution in [0.2, 0.25) is 0 Å². The highest BCUT2D eigenvalue weighted by Crippen LogP contribution is 2.56. The second kappa shape index (κ2) is 2.04. The van der Waals surface area contributed by atoms with Gasteiger partial charge in [0.15, 0.2) is 0 Å². The lowest BCUT2D eigenvalue weighted by atomic mass is 9.70. The van der Waals surface area contributed by atoms with Crippen LogP contribution in [0, 0.1) is 11.3 Å². The molecule has 2 nitrogen and oxygen atoms in total. The molecule has 12 heavy (non-hydrogen) atoms. The molecule has 2 rings (SSSR count). The van der Waals surface area contributed by atoms with Gasteiger partial charge in [-0.3, -0.25) is 4.79 Å². The van der Waals surface area contributed by atoms with Crippen molar-refractivity contribution in [2.24, 2.45) is 11.3 Å². The summed E-state index contributed by atoms with van der Waals surface area (Å²) < 4.78 is 5.44. The van der Waals surface area contributed by atoms with Crippen LogP contribution < -0.4 is 0 Å². The van der Waals surface area contributed by atoms with Gasteiger partial charge in [-0.15, -0.1) is 0 Å². The molecule has 0 radical (unpaired) electrons. The van der Waals surface area contributed by atoms with Crippen molar-refractivity contribution in [3.05, 3.63) is 0 Å². The van der Waals surface area contributed by atoms with Gasteiger partial charge in [0.2, 0.25) is 0 Å². The zero-order valence-corrected chi connectivity index (χ0v) is 8.02. The van der Waals surface area contributed by atoms with Crippen molar-refractivity contribution in [1.82, 2.24) is 0 Å². The number of ether oxygens (including phenoxy) is 1. The maximum atomic E-state index is 11.2. The molecule has 2 bridgehead atoms. The molecular formula is C10H16O2. The third-order valence-electron chi connectivity index (χ3n) is 4.11. The first kappa shape index (κ1) is 8.09. The van der Waals surface area contributed by atoms with E-state index in [0.717, 1.165) is 12.8 Å². The molecule has 2 fully saturated rings. The Morgan fingerprint density at radius 3 is 2.67 bits per heavy atom. The molecule has 68 valence electrons. The molecule has 1 aliphatic carbocycles. The van der Waals surface area contributed by atoms with E-state index in [4.69, 9.17) is 4.74 Å². The smallest absolute Gasteiger partial charge is 0.306 e. The van der Waals surface area contributed by atoms with Gasteiger partial charge in [-0.25, -0.2) is 0 Å². The quantitative estimate of drug-likeness (QED) is 0.518. The molecule has 0 aromatic rings. The summed E-state index contributed by atoms with van der Waals surface area (Å²) in [4.78, 5) is 11.2. The summed E-state index contributed by atoms with van der Waals surface area (Å²) in [5.41, 5.74) is -0.00604. The fourth-order valence-corrected chi connectivity index (χ4v) is 2.60. The van der Waals surface area contributed by atoms with Gasteiger partial charge in [-0.05, 0) is 25.7 Å². The van der Waals surface area contributed by atoms with E-state index in [1.54, 1.807) is 0 Å². The lowest BCUT2D eigenvalue weighted by Crippen LogP contribution is -2.48. The van der Waals surface area contributed by atoms with Crippen LogP contribution in [0.4, 0.5) is 0 Å². The number of hydrogen-bond acceptors (Lipinski definition) is 2. The zero-order chi connectivity index (χ0) is 8.98. The molecule has 2 aliphatic rings. The van der Waals surface area contributed by atoms with Crippen molar-refractivity contribution in [3.8, 4) is 0 Å². The van der Waals surface area contributed by atoms with E-state index in [9.17, 15) is 4.79 Å². The molecule has 1 saturated heterocycles. The third kappa shape index (κ3) is 0.782. The van der Waals surface area contributed by atoms with Crippen LogP contribution in [0.15, 0.2) is 0 Å². The van der Waals surface area contributed by atoms with Crippen molar-refractivity contribution >= 4 is 5.97 Å². The largest absolute Gasteiger partial charge is 0.459 e. The fourth-order valence-electron chi connectivity index (χ4n) is 2.60. The summed E-state index contributed by atoms with van der Waals surface area (Å²) in [6.45, 7) is 6.51. The van der Waals surface area contributed by atoms with Gasteiger partial charge in [0.25, 0.3) is 0 Å². The number of esters is 1. The topological polar surface area (TPSA) is 26.3 Å². The summed E-state index contributed by atoms with van der Waals surface area (Å²) in [5.74, 6) is 0.545. The molecule has 0 spiro atoms. The standard InChI is InChI=1S/C10H16O2/c1-9(2)7-4-5-10(9,3)12-8(11)6-7/h7H,4-6H2,1-3H3/t7-,10-/m1/s1. The maximum Gasteiger partial charge on any atom is 0.306 e.